The van der Waals surface area contributed by atoms with Crippen LogP contribution in [0.1, 0.15) is 37.0 Å². The number of ether oxygens (including phenoxy) is 3. The van der Waals surface area contributed by atoms with Crippen molar-refractivity contribution in [1.29, 1.82) is 0 Å². The molecule has 1 aromatic rings. The number of hydrogen-bond acceptors (Lipinski definition) is 7. The van der Waals surface area contributed by atoms with E-state index >= 15 is 0 Å². The summed E-state index contributed by atoms with van der Waals surface area (Å²) in [5.74, 6) is -0.641. The van der Waals surface area contributed by atoms with E-state index in [-0.39, 0.29) is 39.6 Å². The van der Waals surface area contributed by atoms with Crippen LogP contribution in [0, 0.1) is 0 Å². The number of nitrogens with zero attached hydrogens (tertiary/aromatic N) is 1. The van der Waals surface area contributed by atoms with Crippen molar-refractivity contribution in [2.75, 3.05) is 32.3 Å². The second-order valence-corrected chi connectivity index (χ2v) is 9.52. The Balaban J connectivity index is 2.11. The SMILES string of the molecule is CCC(C)N(C(=O)COC(=O)c1cc(Cl)c(OC)c(OC)c1)C1CCS(=O)(=O)C1. The molecular formula is C19H26ClNO7S. The third kappa shape index (κ3) is 5.54. The van der Waals surface area contributed by atoms with Crippen LogP contribution in [0.4, 0.5) is 0 Å². The smallest absolute Gasteiger partial charge is 0.338 e. The van der Waals surface area contributed by atoms with Gasteiger partial charge in [0.1, 0.15) is 0 Å². The fourth-order valence-corrected chi connectivity index (χ4v) is 5.32. The maximum absolute atomic E-state index is 12.8. The Bertz CT molecular complexity index is 872. The van der Waals surface area contributed by atoms with Crippen molar-refractivity contribution in [2.24, 2.45) is 0 Å². The van der Waals surface area contributed by atoms with Crippen LogP contribution in [0.2, 0.25) is 5.02 Å². The van der Waals surface area contributed by atoms with Crippen molar-refractivity contribution in [3.8, 4) is 11.5 Å². The predicted octanol–water partition coefficient (Wildman–Crippen LogP) is 2.33. The summed E-state index contributed by atoms with van der Waals surface area (Å²) in [6, 6.07) is 2.20. The van der Waals surface area contributed by atoms with Crippen molar-refractivity contribution >= 4 is 33.3 Å². The second-order valence-electron chi connectivity index (χ2n) is 6.88. The Morgan fingerprint density at radius 1 is 1.28 bits per heavy atom. The van der Waals surface area contributed by atoms with Crippen LogP contribution in [0.3, 0.4) is 0 Å². The van der Waals surface area contributed by atoms with Crippen molar-refractivity contribution in [3.63, 3.8) is 0 Å². The van der Waals surface area contributed by atoms with Crippen LogP contribution in [-0.2, 0) is 19.4 Å². The zero-order valence-corrected chi connectivity index (χ0v) is 18.5. The molecule has 0 aromatic heterocycles. The van der Waals surface area contributed by atoms with Gasteiger partial charge in [-0.15, -0.1) is 0 Å². The number of halogens is 1. The van der Waals surface area contributed by atoms with Crippen molar-refractivity contribution in [1.82, 2.24) is 4.90 Å². The van der Waals surface area contributed by atoms with Gasteiger partial charge in [-0.25, -0.2) is 13.2 Å². The number of carbonyl (C=O) groups excluding carboxylic acids is 2. The lowest BCUT2D eigenvalue weighted by molar-refractivity contribution is -0.138. The number of hydrogen-bond donors (Lipinski definition) is 0. The summed E-state index contributed by atoms with van der Waals surface area (Å²) >= 11 is 6.10. The maximum Gasteiger partial charge on any atom is 0.338 e. The molecule has 0 bridgehead atoms. The molecular weight excluding hydrogens is 422 g/mol. The zero-order chi connectivity index (χ0) is 21.8. The summed E-state index contributed by atoms with van der Waals surface area (Å²) in [7, 11) is -0.318. The largest absolute Gasteiger partial charge is 0.493 e. The van der Waals surface area contributed by atoms with E-state index in [0.717, 1.165) is 0 Å². The molecule has 29 heavy (non-hydrogen) atoms. The van der Waals surface area contributed by atoms with Crippen LogP contribution < -0.4 is 9.47 Å². The molecule has 0 spiro atoms. The molecule has 10 heteroatoms. The molecule has 0 radical (unpaired) electrons. The van der Waals surface area contributed by atoms with Crippen LogP contribution >= 0.6 is 11.6 Å². The fraction of sp³-hybridized carbons (Fsp3) is 0.579. The number of sulfone groups is 1. The molecule has 0 saturated carbocycles. The van der Waals surface area contributed by atoms with E-state index in [9.17, 15) is 18.0 Å². The van der Waals surface area contributed by atoms with Gasteiger partial charge in [-0.3, -0.25) is 4.79 Å². The molecule has 1 aliphatic heterocycles. The van der Waals surface area contributed by atoms with E-state index < -0.39 is 34.4 Å². The first-order valence-electron chi connectivity index (χ1n) is 9.23. The topological polar surface area (TPSA) is 99.2 Å². The number of methoxy groups -OCH3 is 2. The molecule has 162 valence electrons. The standard InChI is InChI=1S/C19H26ClNO7S/c1-5-12(2)21(14-6-7-29(24,25)11-14)17(22)10-28-19(23)13-8-15(20)18(27-4)16(9-13)26-3/h8-9,12,14H,5-7,10-11H2,1-4H3. The average molecular weight is 448 g/mol. The Kier molecular flexibility index (Phi) is 7.76. The van der Waals surface area contributed by atoms with Crippen molar-refractivity contribution < 1.29 is 32.2 Å². The average Bonchev–Trinajstić information content (AvgIpc) is 3.04. The van der Waals surface area contributed by atoms with Crippen molar-refractivity contribution in [3.05, 3.63) is 22.7 Å². The van der Waals surface area contributed by atoms with E-state index in [1.54, 1.807) is 0 Å². The first-order chi connectivity index (χ1) is 13.6. The number of benzene rings is 1. The normalized spacial score (nSPS) is 18.7. The summed E-state index contributed by atoms with van der Waals surface area (Å²) in [6.07, 6.45) is 1.04. The first kappa shape index (κ1) is 23.3. The number of rotatable bonds is 8. The summed E-state index contributed by atoms with van der Waals surface area (Å²) in [4.78, 5) is 26.7. The minimum absolute atomic E-state index is 0.0574. The third-order valence-corrected chi connectivity index (χ3v) is 6.98. The molecule has 2 rings (SSSR count). The Morgan fingerprint density at radius 2 is 1.97 bits per heavy atom. The molecule has 2 unspecified atom stereocenters. The Morgan fingerprint density at radius 3 is 2.48 bits per heavy atom. The van der Waals surface area contributed by atoms with Crippen LogP contribution in [0.5, 0.6) is 11.5 Å². The zero-order valence-electron chi connectivity index (χ0n) is 16.9. The highest BCUT2D eigenvalue weighted by Crippen LogP contribution is 2.36. The highest BCUT2D eigenvalue weighted by molar-refractivity contribution is 7.91. The molecule has 0 N–H and O–H groups in total. The molecule has 0 aliphatic carbocycles. The molecule has 8 nitrogen and oxygen atoms in total. The fourth-order valence-electron chi connectivity index (χ4n) is 3.32. The Labute approximate surface area is 176 Å². The monoisotopic (exact) mass is 447 g/mol. The van der Waals surface area contributed by atoms with Gasteiger partial charge < -0.3 is 19.1 Å². The van der Waals surface area contributed by atoms with Gasteiger partial charge in [-0.2, -0.15) is 0 Å². The van der Waals surface area contributed by atoms with E-state index in [4.69, 9.17) is 25.8 Å². The van der Waals surface area contributed by atoms with Crippen LogP contribution in [-0.4, -0.2) is 69.6 Å². The number of esters is 1. The quantitative estimate of drug-likeness (QED) is 0.564. The lowest BCUT2D eigenvalue weighted by atomic mass is 10.1. The van der Waals surface area contributed by atoms with Gasteiger partial charge in [-0.1, -0.05) is 18.5 Å². The third-order valence-electron chi connectivity index (χ3n) is 4.95. The highest BCUT2D eigenvalue weighted by atomic mass is 35.5. The van der Waals surface area contributed by atoms with E-state index in [2.05, 4.69) is 0 Å². The summed E-state index contributed by atoms with van der Waals surface area (Å²) < 4.78 is 39.1. The molecule has 1 aliphatic rings. The second kappa shape index (κ2) is 9.67. The molecule has 1 aromatic carbocycles. The Hall–Kier alpha value is -2.00. The molecule has 2 atom stereocenters. The summed E-state index contributed by atoms with van der Waals surface area (Å²) in [5, 5.41) is 0.169. The van der Waals surface area contributed by atoms with Gasteiger partial charge in [0, 0.05) is 12.1 Å². The minimum atomic E-state index is -3.15. The van der Waals surface area contributed by atoms with Gasteiger partial charge in [-0.05, 0) is 31.9 Å². The lowest BCUT2D eigenvalue weighted by Crippen LogP contribution is -2.48. The highest BCUT2D eigenvalue weighted by Gasteiger charge is 2.36. The lowest BCUT2D eigenvalue weighted by Gasteiger charge is -2.33. The van der Waals surface area contributed by atoms with Gasteiger partial charge in [0.2, 0.25) is 0 Å². The number of carbonyl (C=O) groups is 2. The van der Waals surface area contributed by atoms with E-state index in [0.29, 0.717) is 12.8 Å². The van der Waals surface area contributed by atoms with E-state index in [1.165, 1.54) is 31.3 Å². The molecule has 1 amide bonds. The molecule has 1 fully saturated rings. The number of amides is 1. The molecule has 1 saturated heterocycles. The van der Waals surface area contributed by atoms with Gasteiger partial charge in [0.25, 0.3) is 5.91 Å². The minimum Gasteiger partial charge on any atom is -0.493 e. The van der Waals surface area contributed by atoms with Crippen LogP contribution in [0.25, 0.3) is 0 Å². The van der Waals surface area contributed by atoms with Crippen LogP contribution in [0.15, 0.2) is 12.1 Å². The molecule has 1 heterocycles. The van der Waals surface area contributed by atoms with Crippen molar-refractivity contribution in [2.45, 2.75) is 38.8 Å². The maximum atomic E-state index is 12.8. The summed E-state index contributed by atoms with van der Waals surface area (Å²) in [6.45, 7) is 3.26. The summed E-state index contributed by atoms with van der Waals surface area (Å²) in [5.41, 5.74) is 0.110. The first-order valence-corrected chi connectivity index (χ1v) is 11.4. The predicted molar refractivity (Wildman–Crippen MR) is 108 cm³/mol. The van der Waals surface area contributed by atoms with Gasteiger partial charge >= 0.3 is 5.97 Å². The van der Waals surface area contributed by atoms with Gasteiger partial charge in [0.15, 0.2) is 27.9 Å². The van der Waals surface area contributed by atoms with E-state index in [1.807, 2.05) is 13.8 Å². The van der Waals surface area contributed by atoms with Gasteiger partial charge in [0.05, 0.1) is 36.3 Å².